The molecule has 4 rings (SSSR count). The van der Waals surface area contributed by atoms with Gasteiger partial charge in [0, 0.05) is 30.6 Å². The number of rotatable bonds is 3. The van der Waals surface area contributed by atoms with Crippen molar-refractivity contribution in [2.24, 2.45) is 5.92 Å². The van der Waals surface area contributed by atoms with Crippen molar-refractivity contribution >= 4 is 0 Å². The largest absolute Gasteiger partial charge is 0.473 e. The van der Waals surface area contributed by atoms with Gasteiger partial charge >= 0.3 is 0 Å². The van der Waals surface area contributed by atoms with Gasteiger partial charge in [-0.1, -0.05) is 12.1 Å². The van der Waals surface area contributed by atoms with Gasteiger partial charge in [-0.15, -0.1) is 10.2 Å². The highest BCUT2D eigenvalue weighted by molar-refractivity contribution is 5.59. The van der Waals surface area contributed by atoms with Crippen LogP contribution in [0.3, 0.4) is 0 Å². The molecule has 0 saturated carbocycles. The van der Waals surface area contributed by atoms with Crippen LogP contribution in [0.25, 0.3) is 11.3 Å². The Morgan fingerprint density at radius 3 is 2.67 bits per heavy atom. The van der Waals surface area contributed by atoms with Crippen molar-refractivity contribution in [3.63, 3.8) is 0 Å². The van der Waals surface area contributed by atoms with E-state index in [1.54, 1.807) is 12.1 Å². The summed E-state index contributed by atoms with van der Waals surface area (Å²) in [6.45, 7) is 3.52. The zero-order chi connectivity index (χ0) is 16.4. The Morgan fingerprint density at radius 2 is 1.92 bits per heavy atom. The van der Waals surface area contributed by atoms with E-state index in [-0.39, 0.29) is 6.10 Å². The molecule has 0 aliphatic carbocycles. The number of benzene rings is 1. The van der Waals surface area contributed by atoms with Crippen molar-refractivity contribution in [2.75, 3.05) is 19.6 Å². The van der Waals surface area contributed by atoms with Gasteiger partial charge in [-0.05, 0) is 44.0 Å². The van der Waals surface area contributed by atoms with Crippen LogP contribution in [-0.2, 0) is 0 Å². The van der Waals surface area contributed by atoms with Crippen LogP contribution in [0.2, 0.25) is 0 Å². The molecule has 2 aliphatic heterocycles. The zero-order valence-electron chi connectivity index (χ0n) is 13.6. The highest BCUT2D eigenvalue weighted by Crippen LogP contribution is 2.29. The fourth-order valence-electron chi connectivity index (χ4n) is 3.71. The van der Waals surface area contributed by atoms with Gasteiger partial charge in [0.2, 0.25) is 5.88 Å². The second-order valence-corrected chi connectivity index (χ2v) is 6.59. The van der Waals surface area contributed by atoms with Gasteiger partial charge in [0.25, 0.3) is 0 Å². The Morgan fingerprint density at radius 1 is 1.04 bits per heavy atom. The van der Waals surface area contributed by atoms with E-state index >= 15 is 0 Å². The SMILES string of the molecule is N#Cc1ccc(-c2ccc(OC3CCN4CCCC3C4)nn2)cc1. The minimum atomic E-state index is 0.261. The van der Waals surface area contributed by atoms with E-state index in [0.29, 0.717) is 17.4 Å². The smallest absolute Gasteiger partial charge is 0.233 e. The molecule has 2 aromatic rings. The van der Waals surface area contributed by atoms with E-state index in [1.807, 2.05) is 24.3 Å². The number of ether oxygens (including phenoxy) is 1. The van der Waals surface area contributed by atoms with Gasteiger partial charge in [-0.3, -0.25) is 0 Å². The Kier molecular flexibility index (Phi) is 4.14. The highest BCUT2D eigenvalue weighted by atomic mass is 16.5. The standard InChI is InChI=1S/C19H20N4O/c20-12-14-3-5-15(6-4-14)17-7-8-19(22-21-17)24-18-9-11-23-10-1-2-16(18)13-23/h3-8,16,18H,1-2,9-11,13H2. The van der Waals surface area contributed by atoms with Gasteiger partial charge in [0.05, 0.1) is 17.3 Å². The highest BCUT2D eigenvalue weighted by Gasteiger charge is 2.33. The third-order valence-electron chi connectivity index (χ3n) is 5.02. The molecular formula is C19H20N4O. The summed E-state index contributed by atoms with van der Waals surface area (Å²) in [6.07, 6.45) is 3.85. The van der Waals surface area contributed by atoms with Crippen molar-refractivity contribution in [3.05, 3.63) is 42.0 Å². The summed E-state index contributed by atoms with van der Waals surface area (Å²) in [4.78, 5) is 2.54. The second kappa shape index (κ2) is 6.58. The summed E-state index contributed by atoms with van der Waals surface area (Å²) in [6, 6.07) is 13.3. The monoisotopic (exact) mass is 320 g/mol. The normalized spacial score (nSPS) is 25.7. The van der Waals surface area contributed by atoms with Crippen molar-refractivity contribution in [1.82, 2.24) is 15.1 Å². The van der Waals surface area contributed by atoms with Gasteiger partial charge in [0.15, 0.2) is 0 Å². The molecule has 5 nitrogen and oxygen atoms in total. The predicted octanol–water partition coefficient (Wildman–Crippen LogP) is 2.88. The molecule has 122 valence electrons. The lowest BCUT2D eigenvalue weighted by Crippen LogP contribution is -2.49. The van der Waals surface area contributed by atoms with E-state index in [4.69, 9.17) is 10.00 Å². The number of hydrogen-bond donors (Lipinski definition) is 0. The maximum atomic E-state index is 8.86. The first kappa shape index (κ1) is 15.1. The minimum Gasteiger partial charge on any atom is -0.473 e. The molecule has 0 N–H and O–H groups in total. The molecule has 2 fully saturated rings. The molecule has 5 heteroatoms. The van der Waals surface area contributed by atoms with Crippen LogP contribution in [-0.4, -0.2) is 40.8 Å². The molecular weight excluding hydrogens is 300 g/mol. The molecule has 0 spiro atoms. The van der Waals surface area contributed by atoms with Crippen LogP contribution < -0.4 is 4.74 Å². The lowest BCUT2D eigenvalue weighted by molar-refractivity contribution is 0.0123. The van der Waals surface area contributed by atoms with E-state index in [9.17, 15) is 0 Å². The zero-order valence-corrected chi connectivity index (χ0v) is 13.6. The lowest BCUT2D eigenvalue weighted by atomic mass is 9.87. The van der Waals surface area contributed by atoms with Crippen LogP contribution in [0.4, 0.5) is 0 Å². The Balaban J connectivity index is 1.44. The van der Waals surface area contributed by atoms with Crippen LogP contribution in [0.1, 0.15) is 24.8 Å². The number of hydrogen-bond acceptors (Lipinski definition) is 5. The molecule has 2 aliphatic rings. The van der Waals surface area contributed by atoms with Gasteiger partial charge < -0.3 is 9.64 Å². The molecule has 0 radical (unpaired) electrons. The summed E-state index contributed by atoms with van der Waals surface area (Å²) in [5, 5.41) is 17.4. The number of aromatic nitrogens is 2. The fourth-order valence-corrected chi connectivity index (χ4v) is 3.71. The molecule has 0 amide bonds. The molecule has 2 bridgehead atoms. The summed E-state index contributed by atoms with van der Waals surface area (Å²) >= 11 is 0. The molecule has 3 atom stereocenters. The van der Waals surface area contributed by atoms with Crippen molar-refractivity contribution < 1.29 is 4.74 Å². The number of nitrogens with zero attached hydrogens (tertiary/aromatic N) is 4. The quantitative estimate of drug-likeness (QED) is 0.870. The van der Waals surface area contributed by atoms with Crippen LogP contribution in [0.15, 0.2) is 36.4 Å². The van der Waals surface area contributed by atoms with Crippen LogP contribution in [0.5, 0.6) is 5.88 Å². The van der Waals surface area contributed by atoms with Crippen molar-refractivity contribution in [3.8, 4) is 23.2 Å². The Bertz CT molecular complexity index is 735. The first-order valence-electron chi connectivity index (χ1n) is 8.55. The molecule has 3 unspecified atom stereocenters. The predicted molar refractivity (Wildman–Crippen MR) is 90.4 cm³/mol. The average Bonchev–Trinajstić information content (AvgIpc) is 2.65. The summed E-state index contributed by atoms with van der Waals surface area (Å²) < 4.78 is 6.13. The maximum absolute atomic E-state index is 8.86. The van der Waals surface area contributed by atoms with Gasteiger partial charge in [-0.2, -0.15) is 5.26 Å². The molecule has 3 heterocycles. The molecule has 1 aromatic heterocycles. The molecule has 24 heavy (non-hydrogen) atoms. The lowest BCUT2D eigenvalue weighted by Gasteiger charge is -2.42. The summed E-state index contributed by atoms with van der Waals surface area (Å²) in [5.41, 5.74) is 2.39. The van der Waals surface area contributed by atoms with E-state index < -0.39 is 0 Å². The first-order chi connectivity index (χ1) is 11.8. The first-order valence-corrected chi connectivity index (χ1v) is 8.55. The minimum absolute atomic E-state index is 0.261. The number of nitriles is 1. The summed E-state index contributed by atoms with van der Waals surface area (Å²) in [7, 11) is 0. The van der Waals surface area contributed by atoms with Gasteiger partial charge in [-0.25, -0.2) is 0 Å². The van der Waals surface area contributed by atoms with Crippen LogP contribution in [0, 0.1) is 17.2 Å². The van der Waals surface area contributed by atoms with Crippen molar-refractivity contribution in [1.29, 1.82) is 5.26 Å². The van der Waals surface area contributed by atoms with E-state index in [2.05, 4.69) is 21.2 Å². The van der Waals surface area contributed by atoms with Crippen LogP contribution >= 0.6 is 0 Å². The summed E-state index contributed by atoms with van der Waals surface area (Å²) in [5.74, 6) is 1.23. The average molecular weight is 320 g/mol. The number of piperidine rings is 2. The third kappa shape index (κ3) is 3.10. The number of fused-ring (bicyclic) bond motifs is 2. The van der Waals surface area contributed by atoms with Gasteiger partial charge in [0.1, 0.15) is 6.10 Å². The van der Waals surface area contributed by atoms with E-state index in [0.717, 1.165) is 30.8 Å². The fraction of sp³-hybridized carbons (Fsp3) is 0.421. The topological polar surface area (TPSA) is 62.0 Å². The molecule has 1 aromatic carbocycles. The third-order valence-corrected chi connectivity index (χ3v) is 5.02. The molecule has 2 saturated heterocycles. The second-order valence-electron chi connectivity index (χ2n) is 6.59. The Hall–Kier alpha value is -2.45. The van der Waals surface area contributed by atoms with Crippen molar-refractivity contribution in [2.45, 2.75) is 25.4 Å². The maximum Gasteiger partial charge on any atom is 0.233 e. The Labute approximate surface area is 141 Å². The van der Waals surface area contributed by atoms with E-state index in [1.165, 1.54) is 19.4 Å².